The molecule has 4 heteroatoms. The number of benzene rings is 1. The van der Waals surface area contributed by atoms with Crippen LogP contribution in [0.5, 0.6) is 0 Å². The summed E-state index contributed by atoms with van der Waals surface area (Å²) < 4.78 is 5.38. The molecular weight excluding hydrogens is 250 g/mol. The Morgan fingerprint density at radius 1 is 1.00 bits per heavy atom. The van der Waals surface area contributed by atoms with Crippen LogP contribution in [0.2, 0.25) is 0 Å². The van der Waals surface area contributed by atoms with Gasteiger partial charge in [0.1, 0.15) is 0 Å². The van der Waals surface area contributed by atoms with Gasteiger partial charge in [-0.1, -0.05) is 48.3 Å². The predicted octanol–water partition coefficient (Wildman–Crippen LogP) is 3.04. The van der Waals surface area contributed by atoms with Gasteiger partial charge in [-0.2, -0.15) is 4.98 Å². The molecule has 0 N–H and O–H groups in total. The van der Waals surface area contributed by atoms with Crippen molar-refractivity contribution in [1.82, 2.24) is 15.0 Å². The minimum Gasteiger partial charge on any atom is -0.338 e. The Hall–Kier alpha value is -1.68. The Morgan fingerprint density at radius 2 is 1.75 bits per heavy atom. The van der Waals surface area contributed by atoms with E-state index in [0.29, 0.717) is 0 Å². The Kier molecular flexibility index (Phi) is 4.43. The highest BCUT2D eigenvalue weighted by atomic mass is 16.5. The molecule has 0 unspecified atom stereocenters. The lowest BCUT2D eigenvalue weighted by molar-refractivity contribution is 0.233. The molecule has 1 aromatic carbocycles. The summed E-state index contributed by atoms with van der Waals surface area (Å²) in [5.74, 6) is 1.53. The van der Waals surface area contributed by atoms with Gasteiger partial charge in [0.05, 0.1) is 6.54 Å². The van der Waals surface area contributed by atoms with Crippen LogP contribution in [0.4, 0.5) is 0 Å². The minimum atomic E-state index is 0.740. The van der Waals surface area contributed by atoms with Gasteiger partial charge in [0.25, 0.3) is 0 Å². The third-order valence-corrected chi connectivity index (χ3v) is 3.77. The Labute approximate surface area is 119 Å². The summed E-state index contributed by atoms with van der Waals surface area (Å²) in [6.45, 7) is 3.09. The van der Waals surface area contributed by atoms with Crippen LogP contribution in [-0.2, 0) is 13.0 Å². The van der Waals surface area contributed by atoms with E-state index in [1.807, 2.05) is 18.2 Å². The van der Waals surface area contributed by atoms with Crippen LogP contribution in [0.25, 0.3) is 0 Å². The van der Waals surface area contributed by atoms with Gasteiger partial charge in [0, 0.05) is 6.42 Å². The van der Waals surface area contributed by atoms with Crippen molar-refractivity contribution in [3.63, 3.8) is 0 Å². The number of nitrogens with zero attached hydrogens (tertiary/aromatic N) is 3. The van der Waals surface area contributed by atoms with Crippen LogP contribution in [-0.4, -0.2) is 28.1 Å². The highest BCUT2D eigenvalue weighted by Gasteiger charge is 2.14. The van der Waals surface area contributed by atoms with Crippen molar-refractivity contribution in [3.8, 4) is 0 Å². The topological polar surface area (TPSA) is 42.2 Å². The van der Waals surface area contributed by atoms with Crippen LogP contribution < -0.4 is 0 Å². The van der Waals surface area contributed by atoms with Gasteiger partial charge < -0.3 is 4.52 Å². The van der Waals surface area contributed by atoms with E-state index < -0.39 is 0 Å². The largest absolute Gasteiger partial charge is 0.338 e. The average Bonchev–Trinajstić information content (AvgIpc) is 2.74. The lowest BCUT2D eigenvalue weighted by Gasteiger charge is -2.16. The molecule has 2 aromatic rings. The maximum atomic E-state index is 5.38. The summed E-state index contributed by atoms with van der Waals surface area (Å²) >= 11 is 0. The summed E-state index contributed by atoms with van der Waals surface area (Å²) in [4.78, 5) is 6.93. The Balaban J connectivity index is 1.59. The SMILES string of the molecule is c1ccc(Cc2noc(CN3CCCCCC3)n2)cc1. The molecule has 3 rings (SSSR count). The molecule has 20 heavy (non-hydrogen) atoms. The monoisotopic (exact) mass is 271 g/mol. The van der Waals surface area contributed by atoms with Gasteiger partial charge in [-0.25, -0.2) is 0 Å². The fraction of sp³-hybridized carbons (Fsp3) is 0.500. The summed E-state index contributed by atoms with van der Waals surface area (Å²) in [6.07, 6.45) is 6.00. The van der Waals surface area contributed by atoms with E-state index in [9.17, 15) is 0 Å². The molecule has 106 valence electrons. The molecule has 4 nitrogen and oxygen atoms in total. The van der Waals surface area contributed by atoms with Crippen molar-refractivity contribution < 1.29 is 4.52 Å². The van der Waals surface area contributed by atoms with E-state index in [-0.39, 0.29) is 0 Å². The van der Waals surface area contributed by atoms with Crippen molar-refractivity contribution in [2.45, 2.75) is 38.6 Å². The van der Waals surface area contributed by atoms with E-state index >= 15 is 0 Å². The average molecular weight is 271 g/mol. The summed E-state index contributed by atoms with van der Waals surface area (Å²) in [5, 5.41) is 4.09. The zero-order chi connectivity index (χ0) is 13.6. The lowest BCUT2D eigenvalue weighted by atomic mass is 10.1. The van der Waals surface area contributed by atoms with Crippen molar-refractivity contribution in [2.24, 2.45) is 0 Å². The second-order valence-corrected chi connectivity index (χ2v) is 5.46. The second-order valence-electron chi connectivity index (χ2n) is 5.46. The molecule has 0 amide bonds. The zero-order valence-electron chi connectivity index (χ0n) is 11.8. The van der Waals surface area contributed by atoms with E-state index in [1.54, 1.807) is 0 Å². The maximum Gasteiger partial charge on any atom is 0.240 e. The summed E-state index contributed by atoms with van der Waals surface area (Å²) in [6, 6.07) is 10.3. The van der Waals surface area contributed by atoms with Gasteiger partial charge in [-0.3, -0.25) is 4.90 Å². The number of aromatic nitrogens is 2. The maximum absolute atomic E-state index is 5.38. The first-order chi connectivity index (χ1) is 9.90. The van der Waals surface area contributed by atoms with E-state index in [2.05, 4.69) is 27.2 Å². The molecule has 1 aliphatic heterocycles. The molecule has 0 spiro atoms. The molecule has 0 radical (unpaired) electrons. The highest BCUT2D eigenvalue weighted by Crippen LogP contribution is 2.13. The van der Waals surface area contributed by atoms with E-state index in [0.717, 1.165) is 37.8 Å². The summed E-state index contributed by atoms with van der Waals surface area (Å²) in [7, 11) is 0. The molecule has 1 saturated heterocycles. The van der Waals surface area contributed by atoms with Gasteiger partial charge in [-0.15, -0.1) is 0 Å². The third kappa shape index (κ3) is 3.67. The fourth-order valence-corrected chi connectivity index (χ4v) is 2.69. The zero-order valence-corrected chi connectivity index (χ0v) is 11.8. The smallest absolute Gasteiger partial charge is 0.240 e. The van der Waals surface area contributed by atoms with Crippen molar-refractivity contribution in [2.75, 3.05) is 13.1 Å². The van der Waals surface area contributed by atoms with E-state index in [4.69, 9.17) is 4.52 Å². The van der Waals surface area contributed by atoms with Crippen molar-refractivity contribution >= 4 is 0 Å². The first kappa shape index (κ1) is 13.3. The standard InChI is InChI=1S/C16H21N3O/c1-2-7-11-19(10-6-1)13-16-17-15(18-20-16)12-14-8-4-3-5-9-14/h3-5,8-9H,1-2,6-7,10-13H2. The number of likely N-dealkylation sites (tertiary alicyclic amines) is 1. The molecule has 1 aromatic heterocycles. The van der Waals surface area contributed by atoms with Crippen molar-refractivity contribution in [3.05, 3.63) is 47.6 Å². The molecular formula is C16H21N3O. The number of hydrogen-bond donors (Lipinski definition) is 0. The lowest BCUT2D eigenvalue weighted by Crippen LogP contribution is -2.24. The van der Waals surface area contributed by atoms with Crippen LogP contribution in [0.1, 0.15) is 43.0 Å². The van der Waals surface area contributed by atoms with E-state index in [1.165, 1.54) is 31.2 Å². The van der Waals surface area contributed by atoms with Crippen LogP contribution in [0, 0.1) is 0 Å². The quantitative estimate of drug-likeness (QED) is 0.857. The van der Waals surface area contributed by atoms with Gasteiger partial charge in [0.2, 0.25) is 5.89 Å². The molecule has 1 fully saturated rings. The molecule has 0 bridgehead atoms. The van der Waals surface area contributed by atoms with Gasteiger partial charge in [0.15, 0.2) is 5.82 Å². The minimum absolute atomic E-state index is 0.740. The molecule has 0 aliphatic carbocycles. The fourth-order valence-electron chi connectivity index (χ4n) is 2.69. The Morgan fingerprint density at radius 3 is 2.50 bits per heavy atom. The van der Waals surface area contributed by atoms with Gasteiger partial charge >= 0.3 is 0 Å². The number of rotatable bonds is 4. The molecule has 0 atom stereocenters. The molecule has 1 aliphatic rings. The normalized spacial score (nSPS) is 17.0. The second kappa shape index (κ2) is 6.66. The molecule has 2 heterocycles. The number of hydrogen-bond acceptors (Lipinski definition) is 4. The van der Waals surface area contributed by atoms with Crippen LogP contribution in [0.3, 0.4) is 0 Å². The Bertz CT molecular complexity index is 516. The van der Waals surface area contributed by atoms with Gasteiger partial charge in [-0.05, 0) is 31.5 Å². The summed E-state index contributed by atoms with van der Waals surface area (Å²) in [5.41, 5.74) is 1.22. The van der Waals surface area contributed by atoms with Crippen LogP contribution in [0.15, 0.2) is 34.9 Å². The van der Waals surface area contributed by atoms with Crippen molar-refractivity contribution in [1.29, 1.82) is 0 Å². The predicted molar refractivity (Wildman–Crippen MR) is 77.3 cm³/mol. The highest BCUT2D eigenvalue weighted by molar-refractivity contribution is 5.18. The first-order valence-electron chi connectivity index (χ1n) is 7.48. The molecule has 0 saturated carbocycles. The third-order valence-electron chi connectivity index (χ3n) is 3.77. The van der Waals surface area contributed by atoms with Crippen LogP contribution >= 0.6 is 0 Å². The first-order valence-corrected chi connectivity index (χ1v) is 7.48.